The van der Waals surface area contributed by atoms with E-state index in [4.69, 9.17) is 13.1 Å². The lowest BCUT2D eigenvalue weighted by Crippen LogP contribution is -1.98. The predicted molar refractivity (Wildman–Crippen MR) is 199 cm³/mol. The van der Waals surface area contributed by atoms with Crippen molar-refractivity contribution in [1.82, 2.24) is 9.13 Å². The zero-order chi connectivity index (χ0) is 32.2. The van der Waals surface area contributed by atoms with Gasteiger partial charge in [-0.15, -0.1) is 0 Å². The lowest BCUT2D eigenvalue weighted by molar-refractivity contribution is 1.18. The van der Waals surface area contributed by atoms with E-state index in [-0.39, 0.29) is 0 Å². The van der Waals surface area contributed by atoms with Crippen molar-refractivity contribution in [1.29, 1.82) is 0 Å². The Kier molecular flexibility index (Phi) is 6.22. The smallest absolute Gasteiger partial charge is 0.211 e. The molecule has 48 heavy (non-hydrogen) atoms. The Morgan fingerprint density at radius 1 is 0.417 bits per heavy atom. The summed E-state index contributed by atoms with van der Waals surface area (Å²) in [5.41, 5.74) is 11.2. The predicted octanol–water partition coefficient (Wildman–Crippen LogP) is 12.3. The number of benzene rings is 7. The van der Waals surface area contributed by atoms with Gasteiger partial charge in [0, 0.05) is 21.8 Å². The van der Waals surface area contributed by atoms with Gasteiger partial charge >= 0.3 is 0 Å². The van der Waals surface area contributed by atoms with Gasteiger partial charge in [0.25, 0.3) is 0 Å². The van der Waals surface area contributed by atoms with Crippen LogP contribution in [-0.4, -0.2) is 9.13 Å². The lowest BCUT2D eigenvalue weighted by atomic mass is 9.91. The van der Waals surface area contributed by atoms with Crippen LogP contribution < -0.4 is 0 Å². The van der Waals surface area contributed by atoms with E-state index in [9.17, 15) is 0 Å². The SMILES string of the molecule is [C-]#[N+]c1cccc(-c2cccc(-n3c4ccccc4c4cccc([N+]#[C-])c43)c2)c1-c1ccccc1-n1c2ccccc2c2ccccc21. The van der Waals surface area contributed by atoms with E-state index in [1.165, 1.54) is 10.8 Å². The summed E-state index contributed by atoms with van der Waals surface area (Å²) in [4.78, 5) is 7.97. The number of para-hydroxylation sites is 5. The Labute approximate surface area is 277 Å². The summed E-state index contributed by atoms with van der Waals surface area (Å²) in [6, 6.07) is 54.1. The highest BCUT2D eigenvalue weighted by Gasteiger charge is 2.21. The molecule has 9 rings (SSSR count). The number of hydrogen-bond donors (Lipinski definition) is 0. The van der Waals surface area contributed by atoms with Crippen molar-refractivity contribution in [2.75, 3.05) is 0 Å². The van der Waals surface area contributed by atoms with Crippen LogP contribution in [0.5, 0.6) is 0 Å². The Bertz CT molecular complexity index is 2760. The first-order valence-corrected chi connectivity index (χ1v) is 15.9. The molecule has 222 valence electrons. The first-order valence-electron chi connectivity index (χ1n) is 15.9. The molecule has 0 unspecified atom stereocenters. The van der Waals surface area contributed by atoms with Crippen LogP contribution >= 0.6 is 0 Å². The normalized spacial score (nSPS) is 11.3. The highest BCUT2D eigenvalue weighted by molar-refractivity contribution is 6.13. The molecule has 0 bridgehead atoms. The third-order valence-electron chi connectivity index (χ3n) is 9.37. The van der Waals surface area contributed by atoms with Crippen LogP contribution in [0.25, 0.3) is 86.9 Å². The maximum atomic E-state index is 8.27. The average Bonchev–Trinajstić information content (AvgIpc) is 3.68. The zero-order valence-electron chi connectivity index (χ0n) is 25.8. The van der Waals surface area contributed by atoms with E-state index in [0.717, 1.165) is 66.5 Å². The van der Waals surface area contributed by atoms with Crippen LogP contribution in [0.3, 0.4) is 0 Å². The van der Waals surface area contributed by atoms with Crippen LogP contribution in [0.4, 0.5) is 11.4 Å². The van der Waals surface area contributed by atoms with Gasteiger partial charge in [-0.05, 0) is 64.0 Å². The fourth-order valence-corrected chi connectivity index (χ4v) is 7.39. The molecule has 0 saturated heterocycles. The molecule has 0 amide bonds. The Morgan fingerprint density at radius 3 is 1.65 bits per heavy atom. The highest BCUT2D eigenvalue weighted by Crippen LogP contribution is 2.45. The number of fused-ring (bicyclic) bond motifs is 6. The summed E-state index contributed by atoms with van der Waals surface area (Å²) < 4.78 is 4.52. The zero-order valence-corrected chi connectivity index (χ0v) is 25.8. The van der Waals surface area contributed by atoms with Gasteiger partial charge in [-0.25, -0.2) is 9.69 Å². The molecule has 7 aromatic carbocycles. The van der Waals surface area contributed by atoms with E-state index >= 15 is 0 Å². The van der Waals surface area contributed by atoms with Crippen LogP contribution in [0.1, 0.15) is 0 Å². The molecule has 2 heterocycles. The molecule has 9 aromatic rings. The molecule has 0 spiro atoms. The monoisotopic (exact) mass is 610 g/mol. The Balaban J connectivity index is 1.31. The molecular weight excluding hydrogens is 585 g/mol. The molecule has 0 fully saturated rings. The van der Waals surface area contributed by atoms with E-state index in [2.05, 4.69) is 140 Å². The van der Waals surface area contributed by atoms with Gasteiger partial charge in [-0.3, -0.25) is 0 Å². The van der Waals surface area contributed by atoms with Crippen LogP contribution in [0.2, 0.25) is 0 Å². The molecule has 0 radical (unpaired) electrons. The molecule has 0 aliphatic heterocycles. The average molecular weight is 611 g/mol. The number of hydrogen-bond acceptors (Lipinski definition) is 0. The Morgan fingerprint density at radius 2 is 0.938 bits per heavy atom. The van der Waals surface area contributed by atoms with Crippen molar-refractivity contribution in [3.63, 3.8) is 0 Å². The van der Waals surface area contributed by atoms with Gasteiger partial charge in [-0.1, -0.05) is 121 Å². The molecule has 4 heteroatoms. The second-order valence-electron chi connectivity index (χ2n) is 11.9. The summed E-state index contributed by atoms with van der Waals surface area (Å²) in [6.07, 6.45) is 0. The maximum Gasteiger partial charge on any atom is 0.211 e. The quantitative estimate of drug-likeness (QED) is 0.177. The molecule has 0 saturated carbocycles. The maximum absolute atomic E-state index is 8.27. The molecule has 2 aromatic heterocycles. The minimum atomic E-state index is 0.596. The fraction of sp³-hybridized carbons (Fsp3) is 0. The van der Waals surface area contributed by atoms with E-state index in [1.807, 2.05) is 36.4 Å². The van der Waals surface area contributed by atoms with Gasteiger partial charge in [0.2, 0.25) is 5.69 Å². The second kappa shape index (κ2) is 10.9. The van der Waals surface area contributed by atoms with Gasteiger partial charge in [0.15, 0.2) is 5.69 Å². The van der Waals surface area contributed by atoms with Crippen molar-refractivity contribution < 1.29 is 0 Å². The fourth-order valence-electron chi connectivity index (χ4n) is 7.39. The summed E-state index contributed by atoms with van der Waals surface area (Å²) in [5.74, 6) is 0. The van der Waals surface area contributed by atoms with E-state index < -0.39 is 0 Å². The molecule has 4 nitrogen and oxygen atoms in total. The molecule has 0 aliphatic carbocycles. The molecule has 0 N–H and O–H groups in total. The minimum absolute atomic E-state index is 0.596. The molecule has 0 aliphatic rings. The van der Waals surface area contributed by atoms with Crippen LogP contribution in [-0.2, 0) is 0 Å². The summed E-state index contributed by atoms with van der Waals surface area (Å²) in [5, 5.41) is 4.55. The largest absolute Gasteiger partial charge is 0.319 e. The third-order valence-corrected chi connectivity index (χ3v) is 9.37. The first-order chi connectivity index (χ1) is 23.8. The van der Waals surface area contributed by atoms with Crippen molar-refractivity contribution in [3.05, 3.63) is 181 Å². The van der Waals surface area contributed by atoms with Gasteiger partial charge < -0.3 is 9.13 Å². The van der Waals surface area contributed by atoms with Crippen LogP contribution in [0, 0.1) is 13.1 Å². The summed E-state index contributed by atoms with van der Waals surface area (Å²) >= 11 is 0. The summed E-state index contributed by atoms with van der Waals surface area (Å²) in [6.45, 7) is 16.2. The molecule has 0 atom stereocenters. The Hall–Kier alpha value is -6.88. The second-order valence-corrected chi connectivity index (χ2v) is 11.9. The van der Waals surface area contributed by atoms with Gasteiger partial charge in [-0.2, -0.15) is 0 Å². The van der Waals surface area contributed by atoms with Crippen LogP contribution in [0.15, 0.2) is 158 Å². The summed E-state index contributed by atoms with van der Waals surface area (Å²) in [7, 11) is 0. The number of rotatable bonds is 4. The van der Waals surface area contributed by atoms with E-state index in [1.54, 1.807) is 0 Å². The van der Waals surface area contributed by atoms with Gasteiger partial charge in [0.1, 0.15) is 0 Å². The molecular formula is C44H26N4. The number of aromatic nitrogens is 2. The first kappa shape index (κ1) is 27.4. The van der Waals surface area contributed by atoms with Crippen molar-refractivity contribution >= 4 is 55.0 Å². The highest BCUT2D eigenvalue weighted by atomic mass is 15.0. The third kappa shape index (κ3) is 4.01. The topological polar surface area (TPSA) is 18.6 Å². The van der Waals surface area contributed by atoms with Gasteiger partial charge in [0.05, 0.1) is 40.9 Å². The van der Waals surface area contributed by atoms with Crippen molar-refractivity contribution in [2.24, 2.45) is 0 Å². The van der Waals surface area contributed by atoms with E-state index in [0.29, 0.717) is 11.4 Å². The standard InChI is InChI=1S/C44H26N4/c1-45-37-22-12-20-31(29-14-11-15-30(28-29)47-39-24-7-5-18-34(39)35-21-13-23-38(46-2)44(35)47)43(37)36-19-6-10-27-42(36)48-40-25-8-3-16-32(40)33-17-4-9-26-41(33)48/h3-28H. The minimum Gasteiger partial charge on any atom is -0.319 e. The van der Waals surface area contributed by atoms with Crippen molar-refractivity contribution in [2.45, 2.75) is 0 Å². The lowest BCUT2D eigenvalue weighted by Gasteiger charge is -2.19. The number of nitrogens with zero attached hydrogens (tertiary/aromatic N) is 4. The van der Waals surface area contributed by atoms with Crippen molar-refractivity contribution in [3.8, 4) is 33.6 Å².